The third-order valence-corrected chi connectivity index (χ3v) is 3.74. The predicted octanol–water partition coefficient (Wildman–Crippen LogP) is 3.06. The summed E-state index contributed by atoms with van der Waals surface area (Å²) in [7, 11) is 1.29. The van der Waals surface area contributed by atoms with Crippen molar-refractivity contribution in [3.05, 3.63) is 28.8 Å². The zero-order valence-electron chi connectivity index (χ0n) is 10.5. The molecule has 2 aromatic heterocycles. The number of hydrogen-bond acceptors (Lipinski definition) is 3. The van der Waals surface area contributed by atoms with E-state index in [-0.39, 0.29) is 6.04 Å². The van der Waals surface area contributed by atoms with Crippen LogP contribution in [0.3, 0.4) is 0 Å². The molecule has 0 aliphatic carbocycles. The zero-order chi connectivity index (χ0) is 14.2. The first-order valence-corrected chi connectivity index (χ1v) is 6.55. The fourth-order valence-corrected chi connectivity index (χ4v) is 2.90. The number of halogens is 3. The topological polar surface area (TPSA) is 43.8 Å². The first kappa shape index (κ1) is 14.1. The van der Waals surface area contributed by atoms with Gasteiger partial charge in [-0.3, -0.25) is 4.68 Å². The predicted molar refractivity (Wildman–Crippen MR) is 68.9 cm³/mol. The van der Waals surface area contributed by atoms with Gasteiger partial charge in [0.05, 0.1) is 4.88 Å². The minimum atomic E-state index is -4.38. The molecule has 0 fully saturated rings. The van der Waals surface area contributed by atoms with Crippen molar-refractivity contribution in [2.75, 3.05) is 0 Å². The highest BCUT2D eigenvalue weighted by atomic mass is 32.1. The van der Waals surface area contributed by atoms with Gasteiger partial charge in [0.1, 0.15) is 11.4 Å². The van der Waals surface area contributed by atoms with Crippen LogP contribution in [0.4, 0.5) is 13.2 Å². The lowest BCUT2D eigenvalue weighted by molar-refractivity contribution is -0.143. The molecule has 0 aliphatic heterocycles. The average molecular weight is 289 g/mol. The average Bonchev–Trinajstić information content (AvgIpc) is 2.82. The van der Waals surface area contributed by atoms with Crippen molar-refractivity contribution >= 4 is 11.3 Å². The van der Waals surface area contributed by atoms with Crippen LogP contribution < -0.4 is 5.73 Å². The van der Waals surface area contributed by atoms with Gasteiger partial charge in [0.25, 0.3) is 0 Å². The van der Waals surface area contributed by atoms with E-state index in [2.05, 4.69) is 5.10 Å². The van der Waals surface area contributed by atoms with Crippen LogP contribution in [0.15, 0.2) is 18.2 Å². The van der Waals surface area contributed by atoms with Gasteiger partial charge >= 0.3 is 6.18 Å². The smallest absolute Gasteiger partial charge is 0.328 e. The number of hydrogen-bond donors (Lipinski definition) is 1. The molecule has 104 valence electrons. The first-order valence-electron chi connectivity index (χ1n) is 5.73. The number of rotatable bonds is 3. The lowest BCUT2D eigenvalue weighted by Crippen LogP contribution is -2.16. The molecule has 0 aromatic carbocycles. The van der Waals surface area contributed by atoms with Gasteiger partial charge in [-0.15, -0.1) is 11.3 Å². The van der Waals surface area contributed by atoms with E-state index in [0.717, 1.165) is 20.5 Å². The Hall–Kier alpha value is -1.34. The van der Waals surface area contributed by atoms with Crippen molar-refractivity contribution in [2.24, 2.45) is 12.8 Å². The maximum atomic E-state index is 12.7. The van der Waals surface area contributed by atoms with Gasteiger partial charge in [-0.2, -0.15) is 18.3 Å². The number of nitrogens with zero attached hydrogens (tertiary/aromatic N) is 2. The fourth-order valence-electron chi connectivity index (χ4n) is 1.80. The lowest BCUT2D eigenvalue weighted by atomic mass is 10.2. The van der Waals surface area contributed by atoms with E-state index in [1.54, 1.807) is 6.07 Å². The number of aryl methyl sites for hydroxylation is 1. The quantitative estimate of drug-likeness (QED) is 0.943. The van der Waals surface area contributed by atoms with Crippen LogP contribution in [0.2, 0.25) is 0 Å². The first-order chi connectivity index (χ1) is 8.77. The third-order valence-electron chi connectivity index (χ3n) is 2.61. The van der Waals surface area contributed by atoms with Gasteiger partial charge in [-0.1, -0.05) is 0 Å². The molecular weight excluding hydrogens is 275 g/mol. The second-order valence-electron chi connectivity index (χ2n) is 4.48. The molecule has 1 atom stereocenters. The van der Waals surface area contributed by atoms with E-state index in [9.17, 15) is 13.2 Å². The van der Waals surface area contributed by atoms with E-state index in [0.29, 0.717) is 12.1 Å². The summed E-state index contributed by atoms with van der Waals surface area (Å²) in [5, 5.41) is 3.92. The van der Waals surface area contributed by atoms with Gasteiger partial charge in [-0.25, -0.2) is 0 Å². The number of alkyl halides is 3. The van der Waals surface area contributed by atoms with Gasteiger partial charge in [0.15, 0.2) is 0 Å². The number of aromatic nitrogens is 2. The lowest BCUT2D eigenvalue weighted by Gasteiger charge is -2.04. The molecule has 0 bridgehead atoms. The molecule has 1 unspecified atom stereocenters. The van der Waals surface area contributed by atoms with Crippen LogP contribution in [0, 0.1) is 0 Å². The van der Waals surface area contributed by atoms with Gasteiger partial charge in [0, 0.05) is 18.0 Å². The summed E-state index contributed by atoms with van der Waals surface area (Å²) in [6.45, 7) is 1.89. The summed E-state index contributed by atoms with van der Waals surface area (Å²) >= 11 is 1.42. The van der Waals surface area contributed by atoms with Crippen molar-refractivity contribution in [3.8, 4) is 10.6 Å². The Balaban J connectivity index is 2.30. The van der Waals surface area contributed by atoms with Crippen LogP contribution >= 0.6 is 11.3 Å². The monoisotopic (exact) mass is 289 g/mol. The SMILES string of the molecule is CC(N)Cc1ccc(-c2cc(C(F)(F)F)n(C)n2)s1. The minimum absolute atomic E-state index is 0.0287. The maximum Gasteiger partial charge on any atom is 0.433 e. The molecule has 0 radical (unpaired) electrons. The molecule has 2 aromatic rings. The van der Waals surface area contributed by atoms with Crippen molar-refractivity contribution in [1.82, 2.24) is 9.78 Å². The van der Waals surface area contributed by atoms with Gasteiger partial charge in [-0.05, 0) is 31.5 Å². The second-order valence-corrected chi connectivity index (χ2v) is 5.65. The van der Waals surface area contributed by atoms with E-state index in [1.165, 1.54) is 18.4 Å². The molecule has 19 heavy (non-hydrogen) atoms. The Morgan fingerprint density at radius 2 is 2.11 bits per heavy atom. The van der Waals surface area contributed by atoms with Gasteiger partial charge in [0.2, 0.25) is 0 Å². The Bertz CT molecular complexity index is 569. The Kier molecular flexibility index (Phi) is 3.69. The van der Waals surface area contributed by atoms with Crippen molar-refractivity contribution in [1.29, 1.82) is 0 Å². The molecule has 7 heteroatoms. The maximum absolute atomic E-state index is 12.7. The van der Waals surface area contributed by atoms with Crippen molar-refractivity contribution < 1.29 is 13.2 Å². The number of nitrogens with two attached hydrogens (primary N) is 1. The fraction of sp³-hybridized carbons (Fsp3) is 0.417. The summed E-state index contributed by atoms with van der Waals surface area (Å²) in [4.78, 5) is 1.77. The van der Waals surface area contributed by atoms with Crippen LogP contribution in [0.1, 0.15) is 17.5 Å². The molecule has 0 amide bonds. The molecule has 0 aliphatic rings. The van der Waals surface area contributed by atoms with Crippen LogP contribution in [0.25, 0.3) is 10.6 Å². The highest BCUT2D eigenvalue weighted by molar-refractivity contribution is 7.15. The largest absolute Gasteiger partial charge is 0.433 e. The highest BCUT2D eigenvalue weighted by Gasteiger charge is 2.35. The zero-order valence-corrected chi connectivity index (χ0v) is 11.3. The summed E-state index contributed by atoms with van der Waals surface area (Å²) in [6.07, 6.45) is -3.67. The summed E-state index contributed by atoms with van der Waals surface area (Å²) < 4.78 is 38.9. The van der Waals surface area contributed by atoms with Crippen LogP contribution in [0.5, 0.6) is 0 Å². The Morgan fingerprint density at radius 1 is 1.42 bits per heavy atom. The summed E-state index contributed by atoms with van der Waals surface area (Å²) in [5.74, 6) is 0. The Morgan fingerprint density at radius 3 is 2.63 bits per heavy atom. The highest BCUT2D eigenvalue weighted by Crippen LogP contribution is 2.34. The van der Waals surface area contributed by atoms with E-state index >= 15 is 0 Å². The van der Waals surface area contributed by atoms with E-state index in [1.807, 2.05) is 13.0 Å². The van der Waals surface area contributed by atoms with Crippen LogP contribution in [-0.2, 0) is 19.6 Å². The number of thiophene rings is 1. The summed E-state index contributed by atoms with van der Waals surface area (Å²) in [6, 6.07) is 4.76. The Labute approximate surface area is 112 Å². The molecule has 0 spiro atoms. The molecular formula is C12H14F3N3S. The van der Waals surface area contributed by atoms with Crippen LogP contribution in [-0.4, -0.2) is 15.8 Å². The summed E-state index contributed by atoms with van der Waals surface area (Å²) in [5.41, 5.74) is 5.29. The van der Waals surface area contributed by atoms with E-state index in [4.69, 9.17) is 5.73 Å². The molecule has 0 saturated heterocycles. The molecule has 2 heterocycles. The van der Waals surface area contributed by atoms with Crippen molar-refractivity contribution in [2.45, 2.75) is 25.6 Å². The normalized spacial score (nSPS) is 13.8. The molecule has 0 saturated carbocycles. The van der Waals surface area contributed by atoms with Crippen molar-refractivity contribution in [3.63, 3.8) is 0 Å². The van der Waals surface area contributed by atoms with Gasteiger partial charge < -0.3 is 5.73 Å². The van der Waals surface area contributed by atoms with E-state index < -0.39 is 11.9 Å². The minimum Gasteiger partial charge on any atom is -0.328 e. The standard InChI is InChI=1S/C12H14F3N3S/c1-7(16)5-8-3-4-10(19-8)9-6-11(12(13,14)15)18(2)17-9/h3-4,6-7H,5,16H2,1-2H3. The molecule has 3 nitrogen and oxygen atoms in total. The third kappa shape index (κ3) is 3.16. The second kappa shape index (κ2) is 4.97. The molecule has 2 rings (SSSR count). The molecule has 2 N–H and O–H groups in total.